The van der Waals surface area contributed by atoms with Gasteiger partial charge in [0.2, 0.25) is 5.13 Å². The number of hydrogen-bond acceptors (Lipinski definition) is 6. The van der Waals surface area contributed by atoms with E-state index >= 15 is 0 Å². The van der Waals surface area contributed by atoms with Crippen molar-refractivity contribution in [1.29, 1.82) is 0 Å². The SMILES string of the molecule is Cc1c2c(=O)n(-c3nc4ccccc4s3)[nH]c2cc(=O)n1CCN1CCN(C(=O)c2ccc(Cl)c(Cl)c2)CC1. The maximum absolute atomic E-state index is 13.4. The van der Waals surface area contributed by atoms with E-state index in [0.29, 0.717) is 76.6 Å². The topological polar surface area (TPSA) is 96.2 Å². The van der Waals surface area contributed by atoms with Crippen molar-refractivity contribution in [3.63, 3.8) is 0 Å². The van der Waals surface area contributed by atoms with Gasteiger partial charge in [0.05, 0.1) is 31.2 Å². The molecule has 5 aromatic rings. The van der Waals surface area contributed by atoms with Gasteiger partial charge in [0.1, 0.15) is 0 Å². The molecule has 6 rings (SSSR count). The zero-order valence-corrected chi connectivity index (χ0v) is 23.3. The standard InChI is InChI=1S/C27H24Cl2N6O3S/c1-16-24-21(31-35(26(24)38)27-30-20-4-2-3-5-22(20)39-27)15-23(36)34(16)13-10-32-8-11-33(12-9-32)25(37)17-6-7-18(28)19(29)14-17/h2-7,14-15,31H,8-13H2,1H3. The van der Waals surface area contributed by atoms with Crippen LogP contribution in [0.1, 0.15) is 16.1 Å². The molecule has 1 aliphatic heterocycles. The first kappa shape index (κ1) is 25.8. The summed E-state index contributed by atoms with van der Waals surface area (Å²) >= 11 is 13.5. The van der Waals surface area contributed by atoms with Crippen LogP contribution in [0, 0.1) is 6.92 Å². The molecule has 1 N–H and O–H groups in total. The lowest BCUT2D eigenvalue weighted by Crippen LogP contribution is -2.49. The maximum atomic E-state index is 13.4. The number of amides is 1. The maximum Gasteiger partial charge on any atom is 0.282 e. The summed E-state index contributed by atoms with van der Waals surface area (Å²) in [5.41, 5.74) is 2.03. The first-order valence-corrected chi connectivity index (χ1v) is 14.0. The Labute approximate surface area is 236 Å². The summed E-state index contributed by atoms with van der Waals surface area (Å²) in [6.45, 7) is 5.35. The average molecular weight is 584 g/mol. The Bertz CT molecular complexity index is 1820. The number of piperazine rings is 1. The highest BCUT2D eigenvalue weighted by molar-refractivity contribution is 7.20. The molecule has 0 atom stereocenters. The van der Waals surface area contributed by atoms with Crippen LogP contribution in [0.4, 0.5) is 0 Å². The summed E-state index contributed by atoms with van der Waals surface area (Å²) in [6.07, 6.45) is 0. The Balaban J connectivity index is 1.17. The number of carbonyl (C=O) groups excluding carboxylic acids is 1. The molecule has 3 aromatic heterocycles. The normalized spacial score (nSPS) is 14.5. The van der Waals surface area contributed by atoms with E-state index in [1.165, 1.54) is 22.1 Å². The Hall–Kier alpha value is -3.44. The second kappa shape index (κ2) is 10.3. The predicted octanol–water partition coefficient (Wildman–Crippen LogP) is 4.16. The Morgan fingerprint density at radius 1 is 1.00 bits per heavy atom. The van der Waals surface area contributed by atoms with Gasteiger partial charge in [-0.2, -0.15) is 4.68 Å². The highest BCUT2D eigenvalue weighted by Gasteiger charge is 2.23. The van der Waals surface area contributed by atoms with Crippen LogP contribution in [0.3, 0.4) is 0 Å². The van der Waals surface area contributed by atoms with E-state index in [-0.39, 0.29) is 17.0 Å². The monoisotopic (exact) mass is 582 g/mol. The molecule has 1 saturated heterocycles. The lowest BCUT2D eigenvalue weighted by Gasteiger charge is -2.35. The van der Waals surface area contributed by atoms with Gasteiger partial charge in [0, 0.05) is 56.6 Å². The van der Waals surface area contributed by atoms with Crippen LogP contribution in [-0.2, 0) is 6.54 Å². The number of aromatic nitrogens is 4. The van der Waals surface area contributed by atoms with Crippen molar-refractivity contribution in [2.45, 2.75) is 13.5 Å². The minimum atomic E-state index is -0.232. The number of pyridine rings is 1. The highest BCUT2D eigenvalue weighted by Crippen LogP contribution is 2.25. The second-order valence-electron chi connectivity index (χ2n) is 9.49. The predicted molar refractivity (Wildman–Crippen MR) is 155 cm³/mol. The molecule has 0 aliphatic carbocycles. The molecule has 12 heteroatoms. The smallest absolute Gasteiger partial charge is 0.282 e. The van der Waals surface area contributed by atoms with E-state index < -0.39 is 0 Å². The largest absolute Gasteiger partial charge is 0.336 e. The van der Waals surface area contributed by atoms with Crippen LogP contribution in [0.15, 0.2) is 58.1 Å². The van der Waals surface area contributed by atoms with Crippen molar-refractivity contribution in [3.8, 4) is 5.13 Å². The number of rotatable bonds is 5. The number of nitrogens with one attached hydrogen (secondary N) is 1. The molecular weight excluding hydrogens is 559 g/mol. The molecule has 0 bridgehead atoms. The third-order valence-electron chi connectivity index (χ3n) is 7.16. The van der Waals surface area contributed by atoms with Crippen LogP contribution < -0.4 is 11.1 Å². The van der Waals surface area contributed by atoms with Gasteiger partial charge in [-0.15, -0.1) is 0 Å². The summed E-state index contributed by atoms with van der Waals surface area (Å²) in [5.74, 6) is -0.0809. The quantitative estimate of drug-likeness (QED) is 0.335. The number of aromatic amines is 1. The first-order chi connectivity index (χ1) is 18.8. The molecule has 39 heavy (non-hydrogen) atoms. The fraction of sp³-hybridized carbons (Fsp3) is 0.259. The molecule has 1 amide bonds. The highest BCUT2D eigenvalue weighted by atomic mass is 35.5. The number of halogens is 2. The zero-order valence-electron chi connectivity index (χ0n) is 21.0. The summed E-state index contributed by atoms with van der Waals surface area (Å²) in [6, 6.07) is 14.1. The molecule has 0 unspecified atom stereocenters. The lowest BCUT2D eigenvalue weighted by atomic mass is 10.2. The Morgan fingerprint density at radius 3 is 2.51 bits per heavy atom. The summed E-state index contributed by atoms with van der Waals surface area (Å²) < 4.78 is 4.04. The molecular formula is C27H24Cl2N6O3S. The first-order valence-electron chi connectivity index (χ1n) is 12.5. The van der Waals surface area contributed by atoms with E-state index in [4.69, 9.17) is 23.2 Å². The van der Waals surface area contributed by atoms with E-state index in [9.17, 15) is 14.4 Å². The number of thiazole rings is 1. The van der Waals surface area contributed by atoms with Crippen LogP contribution in [0.5, 0.6) is 0 Å². The number of benzene rings is 2. The van der Waals surface area contributed by atoms with Crippen molar-refractivity contribution >= 4 is 61.6 Å². The van der Waals surface area contributed by atoms with Crippen molar-refractivity contribution in [3.05, 3.63) is 90.5 Å². The fourth-order valence-electron chi connectivity index (χ4n) is 5.01. The molecule has 0 radical (unpaired) electrons. The fourth-order valence-corrected chi connectivity index (χ4v) is 6.23. The number of carbonyl (C=O) groups is 1. The Kier molecular flexibility index (Phi) is 6.80. The van der Waals surface area contributed by atoms with E-state index in [1.54, 1.807) is 34.6 Å². The summed E-state index contributed by atoms with van der Waals surface area (Å²) in [7, 11) is 0. The minimum Gasteiger partial charge on any atom is -0.336 e. The van der Waals surface area contributed by atoms with Crippen molar-refractivity contribution < 1.29 is 4.79 Å². The third-order valence-corrected chi connectivity index (χ3v) is 8.92. The number of H-pyrrole nitrogens is 1. The summed E-state index contributed by atoms with van der Waals surface area (Å²) in [4.78, 5) is 47.8. The molecule has 0 saturated carbocycles. The van der Waals surface area contributed by atoms with Gasteiger partial charge in [-0.1, -0.05) is 46.7 Å². The Morgan fingerprint density at radius 2 is 1.77 bits per heavy atom. The summed E-state index contributed by atoms with van der Waals surface area (Å²) in [5, 5.41) is 4.84. The second-order valence-corrected chi connectivity index (χ2v) is 11.3. The van der Waals surface area contributed by atoms with Gasteiger partial charge < -0.3 is 9.47 Å². The van der Waals surface area contributed by atoms with Crippen LogP contribution in [-0.4, -0.2) is 67.8 Å². The van der Waals surface area contributed by atoms with Crippen molar-refractivity contribution in [2.75, 3.05) is 32.7 Å². The van der Waals surface area contributed by atoms with Crippen molar-refractivity contribution in [1.82, 2.24) is 29.1 Å². The van der Waals surface area contributed by atoms with Gasteiger partial charge in [-0.25, -0.2) is 4.98 Å². The number of aryl methyl sites for hydroxylation is 1. The molecule has 1 aliphatic rings. The van der Waals surface area contributed by atoms with Crippen molar-refractivity contribution in [2.24, 2.45) is 0 Å². The van der Waals surface area contributed by atoms with Gasteiger partial charge >= 0.3 is 0 Å². The number of nitrogens with zero attached hydrogens (tertiary/aromatic N) is 5. The van der Waals surface area contributed by atoms with Crippen LogP contribution in [0.25, 0.3) is 26.3 Å². The third kappa shape index (κ3) is 4.78. The van der Waals surface area contributed by atoms with Crippen LogP contribution in [0.2, 0.25) is 10.0 Å². The number of fused-ring (bicyclic) bond motifs is 2. The number of hydrogen-bond donors (Lipinski definition) is 1. The van der Waals surface area contributed by atoms with Gasteiger partial charge in [0.15, 0.2) is 0 Å². The van der Waals surface area contributed by atoms with Gasteiger partial charge in [0.25, 0.3) is 17.0 Å². The average Bonchev–Trinajstić information content (AvgIpc) is 3.50. The molecule has 1 fully saturated rings. The molecule has 200 valence electrons. The van der Waals surface area contributed by atoms with Gasteiger partial charge in [-0.05, 0) is 37.3 Å². The molecule has 4 heterocycles. The van der Waals surface area contributed by atoms with Gasteiger partial charge in [-0.3, -0.25) is 24.4 Å². The van der Waals surface area contributed by atoms with Crippen LogP contribution >= 0.6 is 34.5 Å². The lowest BCUT2D eigenvalue weighted by molar-refractivity contribution is 0.0633. The van der Waals surface area contributed by atoms with E-state index in [2.05, 4.69) is 15.0 Å². The zero-order chi connectivity index (χ0) is 27.3. The molecule has 9 nitrogen and oxygen atoms in total. The van der Waals surface area contributed by atoms with E-state index in [0.717, 1.165) is 10.2 Å². The number of para-hydroxylation sites is 1. The molecule has 2 aromatic carbocycles. The minimum absolute atomic E-state index is 0.0809. The molecule has 0 spiro atoms. The van der Waals surface area contributed by atoms with E-state index in [1.807, 2.05) is 24.3 Å².